The highest BCUT2D eigenvalue weighted by Crippen LogP contribution is 2.24. The average Bonchev–Trinajstić information content (AvgIpc) is 2.55. The number of carbonyl (C=O) groups excluding carboxylic acids is 1. The molecule has 2 rings (SSSR count). The van der Waals surface area contributed by atoms with Crippen molar-refractivity contribution >= 4 is 17.3 Å². The van der Waals surface area contributed by atoms with Crippen molar-refractivity contribution in [2.75, 3.05) is 11.1 Å². The van der Waals surface area contributed by atoms with E-state index < -0.39 is 5.82 Å². The normalized spacial score (nSPS) is 17.2. The number of amides is 1. The van der Waals surface area contributed by atoms with Crippen molar-refractivity contribution in [2.24, 2.45) is 5.92 Å². The van der Waals surface area contributed by atoms with Gasteiger partial charge in [-0.25, -0.2) is 4.39 Å². The number of hydrogen-bond donors (Lipinski definition) is 2. The van der Waals surface area contributed by atoms with E-state index in [1.807, 2.05) is 0 Å². The van der Waals surface area contributed by atoms with E-state index in [2.05, 4.69) is 5.32 Å². The fourth-order valence-electron chi connectivity index (χ4n) is 2.47. The Morgan fingerprint density at radius 2 is 1.83 bits per heavy atom. The first-order valence-electron chi connectivity index (χ1n) is 6.52. The number of carbonyl (C=O) groups is 1. The van der Waals surface area contributed by atoms with Gasteiger partial charge < -0.3 is 11.1 Å². The van der Waals surface area contributed by atoms with Crippen molar-refractivity contribution in [3.63, 3.8) is 0 Å². The van der Waals surface area contributed by atoms with Crippen LogP contribution in [0.5, 0.6) is 0 Å². The zero-order valence-corrected chi connectivity index (χ0v) is 10.4. The van der Waals surface area contributed by atoms with Crippen LogP contribution in [0.1, 0.15) is 38.5 Å². The molecule has 0 aliphatic heterocycles. The molecule has 98 valence electrons. The molecule has 0 unspecified atom stereocenters. The third kappa shape index (κ3) is 3.45. The molecule has 0 spiro atoms. The molecule has 4 heteroatoms. The molecule has 1 amide bonds. The molecule has 0 atom stereocenters. The van der Waals surface area contributed by atoms with E-state index >= 15 is 0 Å². The van der Waals surface area contributed by atoms with Crippen LogP contribution in [0.25, 0.3) is 0 Å². The Kier molecular flexibility index (Phi) is 4.18. The van der Waals surface area contributed by atoms with Gasteiger partial charge in [-0.1, -0.05) is 25.7 Å². The standard InChI is InChI=1S/C14H19FN2O/c15-11-7-12(16)9-13(8-11)17-14(18)10-5-3-1-2-4-6-10/h7-10H,1-6,16H2,(H,17,18). The smallest absolute Gasteiger partial charge is 0.227 e. The zero-order valence-electron chi connectivity index (χ0n) is 10.4. The van der Waals surface area contributed by atoms with Gasteiger partial charge in [0.15, 0.2) is 0 Å². The lowest BCUT2D eigenvalue weighted by Gasteiger charge is -2.14. The first kappa shape index (κ1) is 12.9. The number of benzene rings is 1. The Labute approximate surface area is 107 Å². The zero-order chi connectivity index (χ0) is 13.0. The van der Waals surface area contributed by atoms with E-state index in [1.54, 1.807) is 6.07 Å². The summed E-state index contributed by atoms with van der Waals surface area (Å²) in [4.78, 5) is 12.1. The van der Waals surface area contributed by atoms with Crippen LogP contribution >= 0.6 is 0 Å². The molecule has 1 aromatic rings. The number of rotatable bonds is 2. The minimum absolute atomic E-state index is 0.0121. The predicted octanol–water partition coefficient (Wildman–Crippen LogP) is 3.32. The summed E-state index contributed by atoms with van der Waals surface area (Å²) in [5.74, 6) is -0.384. The van der Waals surface area contributed by atoms with E-state index in [1.165, 1.54) is 25.0 Å². The van der Waals surface area contributed by atoms with E-state index in [-0.39, 0.29) is 11.8 Å². The number of anilines is 2. The molecule has 3 N–H and O–H groups in total. The molecule has 0 aromatic heterocycles. The summed E-state index contributed by atoms with van der Waals surface area (Å²) >= 11 is 0. The van der Waals surface area contributed by atoms with Crippen LogP contribution in [-0.2, 0) is 4.79 Å². The molecule has 3 nitrogen and oxygen atoms in total. The van der Waals surface area contributed by atoms with Crippen LogP contribution in [0, 0.1) is 11.7 Å². The highest BCUT2D eigenvalue weighted by molar-refractivity contribution is 5.92. The fourth-order valence-corrected chi connectivity index (χ4v) is 2.47. The maximum absolute atomic E-state index is 13.2. The Balaban J connectivity index is 2.01. The highest BCUT2D eigenvalue weighted by Gasteiger charge is 2.20. The summed E-state index contributed by atoms with van der Waals surface area (Å²) in [5, 5.41) is 2.76. The van der Waals surface area contributed by atoms with Gasteiger partial charge in [0, 0.05) is 17.3 Å². The van der Waals surface area contributed by atoms with Crippen LogP contribution < -0.4 is 11.1 Å². The molecule has 0 radical (unpaired) electrons. The molecule has 1 fully saturated rings. The lowest BCUT2D eigenvalue weighted by atomic mass is 9.99. The summed E-state index contributed by atoms with van der Waals surface area (Å²) in [6, 6.07) is 4.12. The first-order chi connectivity index (χ1) is 8.65. The second-order valence-corrected chi connectivity index (χ2v) is 4.95. The second-order valence-electron chi connectivity index (χ2n) is 4.95. The third-order valence-corrected chi connectivity index (χ3v) is 3.41. The molecule has 0 bridgehead atoms. The Hall–Kier alpha value is -1.58. The summed E-state index contributed by atoms with van der Waals surface area (Å²) in [5.41, 5.74) is 6.32. The number of nitrogens with one attached hydrogen (secondary N) is 1. The lowest BCUT2D eigenvalue weighted by molar-refractivity contribution is -0.120. The molecule has 1 aromatic carbocycles. The van der Waals surface area contributed by atoms with Gasteiger partial charge in [-0.2, -0.15) is 0 Å². The maximum Gasteiger partial charge on any atom is 0.227 e. The number of hydrogen-bond acceptors (Lipinski definition) is 2. The number of halogens is 1. The van der Waals surface area contributed by atoms with Gasteiger partial charge in [0.2, 0.25) is 5.91 Å². The molecular formula is C14H19FN2O. The maximum atomic E-state index is 13.2. The third-order valence-electron chi connectivity index (χ3n) is 3.41. The molecule has 0 saturated heterocycles. The molecule has 1 aliphatic rings. The predicted molar refractivity (Wildman–Crippen MR) is 70.6 cm³/mol. The highest BCUT2D eigenvalue weighted by atomic mass is 19.1. The van der Waals surface area contributed by atoms with E-state index in [9.17, 15) is 9.18 Å². The van der Waals surface area contributed by atoms with Crippen molar-refractivity contribution in [3.8, 4) is 0 Å². The van der Waals surface area contributed by atoms with Gasteiger partial charge in [-0.15, -0.1) is 0 Å². The number of nitrogens with two attached hydrogens (primary N) is 1. The molecule has 1 aliphatic carbocycles. The van der Waals surface area contributed by atoms with Gasteiger partial charge in [0.05, 0.1) is 0 Å². The van der Waals surface area contributed by atoms with Gasteiger partial charge in [0.1, 0.15) is 5.82 Å². The van der Waals surface area contributed by atoms with Crippen LogP contribution in [0.2, 0.25) is 0 Å². The second kappa shape index (κ2) is 5.85. The van der Waals surface area contributed by atoms with Crippen molar-refractivity contribution in [1.29, 1.82) is 0 Å². The van der Waals surface area contributed by atoms with Crippen LogP contribution in [0.3, 0.4) is 0 Å². The molecule has 1 saturated carbocycles. The lowest BCUT2D eigenvalue weighted by Crippen LogP contribution is -2.22. The van der Waals surface area contributed by atoms with Gasteiger partial charge in [-0.05, 0) is 31.0 Å². The van der Waals surface area contributed by atoms with Gasteiger partial charge in [0.25, 0.3) is 0 Å². The summed E-state index contributed by atoms with van der Waals surface area (Å²) in [6.45, 7) is 0. The van der Waals surface area contributed by atoms with Crippen molar-refractivity contribution in [2.45, 2.75) is 38.5 Å². The Morgan fingerprint density at radius 1 is 1.17 bits per heavy atom. The Morgan fingerprint density at radius 3 is 2.44 bits per heavy atom. The van der Waals surface area contributed by atoms with Crippen molar-refractivity contribution < 1.29 is 9.18 Å². The van der Waals surface area contributed by atoms with Crippen molar-refractivity contribution in [3.05, 3.63) is 24.0 Å². The molecular weight excluding hydrogens is 231 g/mol. The quantitative estimate of drug-likeness (QED) is 0.625. The average molecular weight is 250 g/mol. The summed E-state index contributed by atoms with van der Waals surface area (Å²) in [7, 11) is 0. The van der Waals surface area contributed by atoms with E-state index in [0.29, 0.717) is 11.4 Å². The van der Waals surface area contributed by atoms with Gasteiger partial charge >= 0.3 is 0 Å². The first-order valence-corrected chi connectivity index (χ1v) is 6.52. The topological polar surface area (TPSA) is 55.1 Å². The fraction of sp³-hybridized carbons (Fsp3) is 0.500. The minimum atomic E-state index is -0.425. The van der Waals surface area contributed by atoms with Crippen LogP contribution in [-0.4, -0.2) is 5.91 Å². The molecule has 18 heavy (non-hydrogen) atoms. The monoisotopic (exact) mass is 250 g/mol. The summed E-state index contributed by atoms with van der Waals surface area (Å²) in [6.07, 6.45) is 6.47. The van der Waals surface area contributed by atoms with Crippen LogP contribution in [0.4, 0.5) is 15.8 Å². The molecule has 0 heterocycles. The van der Waals surface area contributed by atoms with E-state index in [4.69, 9.17) is 5.73 Å². The van der Waals surface area contributed by atoms with Gasteiger partial charge in [-0.3, -0.25) is 4.79 Å². The van der Waals surface area contributed by atoms with Crippen molar-refractivity contribution in [1.82, 2.24) is 0 Å². The SMILES string of the molecule is Nc1cc(F)cc(NC(=O)C2CCCCCC2)c1. The van der Waals surface area contributed by atoms with Crippen LogP contribution in [0.15, 0.2) is 18.2 Å². The largest absolute Gasteiger partial charge is 0.399 e. The minimum Gasteiger partial charge on any atom is -0.399 e. The number of nitrogen functional groups attached to an aromatic ring is 1. The van der Waals surface area contributed by atoms with E-state index in [0.717, 1.165) is 25.7 Å². The summed E-state index contributed by atoms with van der Waals surface area (Å²) < 4.78 is 13.2. The Bertz CT molecular complexity index is 406.